The Morgan fingerprint density at radius 3 is 2.09 bits per heavy atom. The SMILES string of the molecule is CCC(O)C1(CN)CC1(C)C. The number of aliphatic hydroxyl groups excluding tert-OH is 1. The summed E-state index contributed by atoms with van der Waals surface area (Å²) in [5.74, 6) is 0. The molecule has 1 saturated carbocycles. The normalized spacial score (nSPS) is 36.8. The van der Waals surface area contributed by atoms with Gasteiger partial charge in [-0.2, -0.15) is 0 Å². The van der Waals surface area contributed by atoms with Crippen LogP contribution in [0.5, 0.6) is 0 Å². The molecule has 0 spiro atoms. The lowest BCUT2D eigenvalue weighted by Gasteiger charge is -2.23. The summed E-state index contributed by atoms with van der Waals surface area (Å²) in [6, 6.07) is 0. The number of aliphatic hydroxyl groups is 1. The molecule has 11 heavy (non-hydrogen) atoms. The molecule has 0 radical (unpaired) electrons. The zero-order valence-electron chi connectivity index (χ0n) is 7.72. The van der Waals surface area contributed by atoms with Crippen LogP contribution in [0.1, 0.15) is 33.6 Å². The third-order valence-electron chi connectivity index (χ3n) is 3.37. The predicted molar refractivity (Wildman–Crippen MR) is 46.2 cm³/mol. The molecule has 66 valence electrons. The first-order chi connectivity index (χ1) is 5.00. The summed E-state index contributed by atoms with van der Waals surface area (Å²) in [7, 11) is 0. The maximum Gasteiger partial charge on any atom is 0.0611 e. The van der Waals surface area contributed by atoms with E-state index in [0.29, 0.717) is 6.54 Å². The molecule has 0 amide bonds. The monoisotopic (exact) mass is 157 g/mol. The molecular weight excluding hydrogens is 138 g/mol. The van der Waals surface area contributed by atoms with E-state index in [2.05, 4.69) is 13.8 Å². The second-order valence-corrected chi connectivity index (χ2v) is 4.34. The fourth-order valence-corrected chi connectivity index (χ4v) is 2.19. The van der Waals surface area contributed by atoms with Gasteiger partial charge in [-0.25, -0.2) is 0 Å². The Morgan fingerprint density at radius 1 is 1.55 bits per heavy atom. The van der Waals surface area contributed by atoms with Crippen LogP contribution >= 0.6 is 0 Å². The van der Waals surface area contributed by atoms with Gasteiger partial charge in [0, 0.05) is 12.0 Å². The minimum absolute atomic E-state index is 0.0295. The van der Waals surface area contributed by atoms with Gasteiger partial charge in [0.15, 0.2) is 0 Å². The Morgan fingerprint density at radius 2 is 2.00 bits per heavy atom. The van der Waals surface area contributed by atoms with Gasteiger partial charge in [-0.3, -0.25) is 0 Å². The highest BCUT2D eigenvalue weighted by molar-refractivity contribution is 5.13. The van der Waals surface area contributed by atoms with E-state index in [4.69, 9.17) is 5.73 Å². The van der Waals surface area contributed by atoms with Crippen molar-refractivity contribution in [1.82, 2.24) is 0 Å². The third-order valence-corrected chi connectivity index (χ3v) is 3.37. The van der Waals surface area contributed by atoms with Crippen LogP contribution in [-0.4, -0.2) is 17.8 Å². The molecule has 0 aromatic rings. The van der Waals surface area contributed by atoms with Gasteiger partial charge < -0.3 is 10.8 Å². The van der Waals surface area contributed by atoms with Gasteiger partial charge in [-0.1, -0.05) is 20.8 Å². The quantitative estimate of drug-likeness (QED) is 0.645. The van der Waals surface area contributed by atoms with Crippen molar-refractivity contribution in [3.05, 3.63) is 0 Å². The molecule has 1 rings (SSSR count). The molecule has 0 aromatic carbocycles. The lowest BCUT2D eigenvalue weighted by Crippen LogP contribution is -2.33. The van der Waals surface area contributed by atoms with E-state index in [0.717, 1.165) is 12.8 Å². The predicted octanol–water partition coefficient (Wildman–Crippen LogP) is 1.13. The molecule has 0 saturated heterocycles. The molecule has 2 atom stereocenters. The van der Waals surface area contributed by atoms with Gasteiger partial charge in [0.1, 0.15) is 0 Å². The second kappa shape index (κ2) is 2.46. The maximum atomic E-state index is 9.70. The van der Waals surface area contributed by atoms with Crippen LogP contribution in [-0.2, 0) is 0 Å². The van der Waals surface area contributed by atoms with Crippen LogP contribution < -0.4 is 5.73 Å². The average Bonchev–Trinajstić information content (AvgIpc) is 2.53. The zero-order valence-corrected chi connectivity index (χ0v) is 7.72. The van der Waals surface area contributed by atoms with Crippen molar-refractivity contribution in [3.63, 3.8) is 0 Å². The Hall–Kier alpha value is -0.0800. The number of nitrogens with two attached hydrogens (primary N) is 1. The largest absolute Gasteiger partial charge is 0.392 e. The molecule has 2 heteroatoms. The topological polar surface area (TPSA) is 46.2 Å². The Balaban J connectivity index is 2.67. The molecule has 3 N–H and O–H groups in total. The minimum Gasteiger partial charge on any atom is -0.392 e. The van der Waals surface area contributed by atoms with Gasteiger partial charge in [-0.05, 0) is 18.3 Å². The lowest BCUT2D eigenvalue weighted by molar-refractivity contribution is 0.0719. The van der Waals surface area contributed by atoms with Crippen LogP contribution in [0, 0.1) is 10.8 Å². The highest BCUT2D eigenvalue weighted by Gasteiger charge is 2.63. The Kier molecular flexibility index (Phi) is 2.01. The molecule has 1 fully saturated rings. The van der Waals surface area contributed by atoms with Crippen LogP contribution in [0.15, 0.2) is 0 Å². The van der Waals surface area contributed by atoms with E-state index in [1.807, 2.05) is 6.92 Å². The van der Waals surface area contributed by atoms with E-state index in [1.54, 1.807) is 0 Å². The highest BCUT2D eigenvalue weighted by Crippen LogP contribution is 2.65. The van der Waals surface area contributed by atoms with E-state index in [-0.39, 0.29) is 16.9 Å². The van der Waals surface area contributed by atoms with E-state index in [1.165, 1.54) is 0 Å². The van der Waals surface area contributed by atoms with Crippen LogP contribution in [0.3, 0.4) is 0 Å². The minimum atomic E-state index is -0.206. The fraction of sp³-hybridized carbons (Fsp3) is 1.00. The van der Waals surface area contributed by atoms with E-state index >= 15 is 0 Å². The van der Waals surface area contributed by atoms with Gasteiger partial charge in [-0.15, -0.1) is 0 Å². The van der Waals surface area contributed by atoms with Crippen LogP contribution in [0.4, 0.5) is 0 Å². The molecule has 1 aliphatic carbocycles. The fourth-order valence-electron chi connectivity index (χ4n) is 2.19. The Bertz CT molecular complexity index is 156. The number of hydrogen-bond acceptors (Lipinski definition) is 2. The van der Waals surface area contributed by atoms with E-state index < -0.39 is 0 Å². The van der Waals surface area contributed by atoms with Crippen molar-refractivity contribution >= 4 is 0 Å². The Labute approximate surface area is 68.8 Å². The summed E-state index contributed by atoms with van der Waals surface area (Å²) in [6.45, 7) is 6.99. The highest BCUT2D eigenvalue weighted by atomic mass is 16.3. The summed E-state index contributed by atoms with van der Waals surface area (Å²) in [4.78, 5) is 0. The summed E-state index contributed by atoms with van der Waals surface area (Å²) in [6.07, 6.45) is 1.69. The van der Waals surface area contributed by atoms with Gasteiger partial charge in [0.05, 0.1) is 6.10 Å². The number of rotatable bonds is 3. The maximum absolute atomic E-state index is 9.70. The summed E-state index contributed by atoms with van der Waals surface area (Å²) in [5.41, 5.74) is 5.95. The summed E-state index contributed by atoms with van der Waals surface area (Å²) in [5, 5.41) is 9.70. The molecular formula is C9H19NO. The average molecular weight is 157 g/mol. The molecule has 2 nitrogen and oxygen atoms in total. The smallest absolute Gasteiger partial charge is 0.0611 e. The van der Waals surface area contributed by atoms with E-state index in [9.17, 15) is 5.11 Å². The van der Waals surface area contributed by atoms with Crippen LogP contribution in [0.2, 0.25) is 0 Å². The first kappa shape index (κ1) is 9.01. The van der Waals surface area contributed by atoms with Crippen LogP contribution in [0.25, 0.3) is 0 Å². The first-order valence-electron chi connectivity index (χ1n) is 4.38. The summed E-state index contributed by atoms with van der Waals surface area (Å²) >= 11 is 0. The van der Waals surface area contributed by atoms with Gasteiger partial charge in [0.25, 0.3) is 0 Å². The lowest BCUT2D eigenvalue weighted by atomic mass is 9.88. The standard InChI is InChI=1S/C9H19NO/c1-4-7(11)9(6-10)5-8(9,2)3/h7,11H,4-6,10H2,1-3H3. The van der Waals surface area contributed by atoms with Crippen molar-refractivity contribution in [2.24, 2.45) is 16.6 Å². The molecule has 1 aliphatic rings. The van der Waals surface area contributed by atoms with Crippen molar-refractivity contribution in [1.29, 1.82) is 0 Å². The first-order valence-corrected chi connectivity index (χ1v) is 4.38. The van der Waals surface area contributed by atoms with Crippen molar-refractivity contribution in [2.75, 3.05) is 6.54 Å². The molecule has 0 aromatic heterocycles. The van der Waals surface area contributed by atoms with Gasteiger partial charge in [0.2, 0.25) is 0 Å². The molecule has 0 bridgehead atoms. The van der Waals surface area contributed by atoms with Crippen molar-refractivity contribution in [3.8, 4) is 0 Å². The zero-order chi connectivity index (χ0) is 8.70. The molecule has 0 aliphatic heterocycles. The van der Waals surface area contributed by atoms with Gasteiger partial charge >= 0.3 is 0 Å². The molecule has 2 unspecified atom stereocenters. The van der Waals surface area contributed by atoms with Crippen molar-refractivity contribution in [2.45, 2.75) is 39.7 Å². The third kappa shape index (κ3) is 1.09. The summed E-state index contributed by atoms with van der Waals surface area (Å²) < 4.78 is 0. The van der Waals surface area contributed by atoms with Crippen molar-refractivity contribution < 1.29 is 5.11 Å². The second-order valence-electron chi connectivity index (χ2n) is 4.34. The number of hydrogen-bond donors (Lipinski definition) is 2. The molecule has 0 heterocycles.